The number of carbonyl (C=O) groups excluding carboxylic acids is 3. The zero-order valence-electron chi connectivity index (χ0n) is 9.64. The number of alkyl halides is 1. The summed E-state index contributed by atoms with van der Waals surface area (Å²) in [4.78, 5) is 36.7. The van der Waals surface area contributed by atoms with Crippen molar-refractivity contribution in [2.45, 2.75) is 13.0 Å². The summed E-state index contributed by atoms with van der Waals surface area (Å²) < 4.78 is 0. The van der Waals surface area contributed by atoms with Crippen LogP contribution in [-0.2, 0) is 4.79 Å². The Balaban J connectivity index is 2.31. The van der Waals surface area contributed by atoms with Crippen LogP contribution in [0.15, 0.2) is 24.3 Å². The predicted molar refractivity (Wildman–Crippen MR) is 65.3 cm³/mol. The largest absolute Gasteiger partial charge is 0.341 e. The number of nitrogens with one attached hydrogen (secondary N) is 1. The smallest absolute Gasteiger partial charge is 0.262 e. The Labute approximate surface area is 109 Å². The van der Waals surface area contributed by atoms with Gasteiger partial charge in [-0.15, -0.1) is 11.6 Å². The maximum Gasteiger partial charge on any atom is 0.262 e. The van der Waals surface area contributed by atoms with E-state index in [-0.39, 0.29) is 6.00 Å². The van der Waals surface area contributed by atoms with Gasteiger partial charge in [-0.2, -0.15) is 0 Å². The lowest BCUT2D eigenvalue weighted by atomic mass is 10.1. The minimum atomic E-state index is -0.879. The van der Waals surface area contributed by atoms with Gasteiger partial charge >= 0.3 is 0 Å². The van der Waals surface area contributed by atoms with Gasteiger partial charge in [0.15, 0.2) is 0 Å². The fourth-order valence-electron chi connectivity index (χ4n) is 1.89. The van der Waals surface area contributed by atoms with Crippen molar-refractivity contribution >= 4 is 29.3 Å². The Morgan fingerprint density at radius 2 is 1.78 bits per heavy atom. The first-order valence-corrected chi connectivity index (χ1v) is 5.92. The summed E-state index contributed by atoms with van der Waals surface area (Å²) in [6.45, 7) is 1.49. The van der Waals surface area contributed by atoms with Gasteiger partial charge in [0.2, 0.25) is 5.91 Å². The van der Waals surface area contributed by atoms with Crippen molar-refractivity contribution in [3.63, 3.8) is 0 Å². The van der Waals surface area contributed by atoms with Crippen molar-refractivity contribution in [1.82, 2.24) is 10.2 Å². The summed E-state index contributed by atoms with van der Waals surface area (Å²) in [5.41, 5.74) is 0.654. The highest BCUT2D eigenvalue weighted by Gasteiger charge is 2.40. The molecule has 1 aliphatic heterocycles. The van der Waals surface area contributed by atoms with Gasteiger partial charge in [-0.25, -0.2) is 0 Å². The standard InChI is InChI=1S/C12H11ClN2O3/c1-7(10(16)14-6-13)15-11(17)8-4-2-3-5-9(8)12(15)18/h2-5,7H,6H2,1H3,(H,14,16)/t7-/m0/s1. The van der Waals surface area contributed by atoms with E-state index in [4.69, 9.17) is 11.6 Å². The lowest BCUT2D eigenvalue weighted by Crippen LogP contribution is -2.47. The van der Waals surface area contributed by atoms with E-state index in [0.717, 1.165) is 4.90 Å². The van der Waals surface area contributed by atoms with Crippen molar-refractivity contribution in [2.75, 3.05) is 6.00 Å². The normalized spacial score (nSPS) is 15.6. The minimum Gasteiger partial charge on any atom is -0.341 e. The Bertz CT molecular complexity index is 495. The average Bonchev–Trinajstić information content (AvgIpc) is 2.62. The number of benzene rings is 1. The third kappa shape index (κ3) is 1.86. The third-order valence-electron chi connectivity index (χ3n) is 2.83. The second-order valence-corrected chi connectivity index (χ2v) is 4.14. The molecule has 1 atom stereocenters. The van der Waals surface area contributed by atoms with Gasteiger partial charge in [0.25, 0.3) is 11.8 Å². The number of nitrogens with zero attached hydrogens (tertiary/aromatic N) is 1. The van der Waals surface area contributed by atoms with Crippen LogP contribution in [-0.4, -0.2) is 34.7 Å². The highest BCUT2D eigenvalue weighted by molar-refractivity contribution is 6.23. The lowest BCUT2D eigenvalue weighted by Gasteiger charge is -2.20. The molecule has 0 radical (unpaired) electrons. The Kier molecular flexibility index (Phi) is 3.34. The number of carbonyl (C=O) groups is 3. The summed E-state index contributed by atoms with van der Waals surface area (Å²) in [6.07, 6.45) is 0. The van der Waals surface area contributed by atoms with Crippen molar-refractivity contribution in [3.05, 3.63) is 35.4 Å². The summed E-state index contributed by atoms with van der Waals surface area (Å²) in [5, 5.41) is 2.37. The summed E-state index contributed by atoms with van der Waals surface area (Å²) in [7, 11) is 0. The zero-order chi connectivity index (χ0) is 13.3. The van der Waals surface area contributed by atoms with Crippen LogP contribution in [0.3, 0.4) is 0 Å². The number of fused-ring (bicyclic) bond motifs is 1. The number of hydrogen-bond acceptors (Lipinski definition) is 3. The van der Waals surface area contributed by atoms with Crippen molar-refractivity contribution in [2.24, 2.45) is 0 Å². The average molecular weight is 267 g/mol. The molecule has 0 spiro atoms. The summed E-state index contributed by atoms with van der Waals surface area (Å²) in [5.74, 6) is -1.36. The fourth-order valence-corrected chi connectivity index (χ4v) is 2.02. The van der Waals surface area contributed by atoms with E-state index in [1.807, 2.05) is 0 Å². The molecule has 1 aromatic carbocycles. The van der Waals surface area contributed by atoms with Gasteiger partial charge in [0.1, 0.15) is 6.04 Å². The lowest BCUT2D eigenvalue weighted by molar-refractivity contribution is -0.124. The zero-order valence-corrected chi connectivity index (χ0v) is 10.4. The van der Waals surface area contributed by atoms with Crippen LogP contribution in [0, 0.1) is 0 Å². The quantitative estimate of drug-likeness (QED) is 0.504. The highest BCUT2D eigenvalue weighted by atomic mass is 35.5. The first-order chi connectivity index (χ1) is 8.57. The molecule has 0 aliphatic carbocycles. The SMILES string of the molecule is C[C@@H](C(=O)NCCl)N1C(=O)c2ccccc2C1=O. The van der Waals surface area contributed by atoms with Gasteiger partial charge < -0.3 is 5.32 Å². The van der Waals surface area contributed by atoms with Crippen LogP contribution in [0.1, 0.15) is 27.6 Å². The van der Waals surface area contributed by atoms with Gasteiger partial charge in [-0.05, 0) is 19.1 Å². The van der Waals surface area contributed by atoms with Crippen LogP contribution in [0.4, 0.5) is 0 Å². The molecule has 6 heteroatoms. The van der Waals surface area contributed by atoms with E-state index in [1.54, 1.807) is 24.3 Å². The van der Waals surface area contributed by atoms with Gasteiger partial charge in [-0.1, -0.05) is 12.1 Å². The molecule has 1 aromatic rings. The first-order valence-electron chi connectivity index (χ1n) is 5.38. The summed E-state index contributed by atoms with van der Waals surface area (Å²) >= 11 is 5.39. The Hall–Kier alpha value is -1.88. The predicted octanol–water partition coefficient (Wildman–Crippen LogP) is 0.984. The molecule has 0 unspecified atom stereocenters. The molecule has 0 bridgehead atoms. The maximum absolute atomic E-state index is 12.0. The maximum atomic E-state index is 12.0. The van der Waals surface area contributed by atoms with Crippen LogP contribution in [0.2, 0.25) is 0 Å². The fraction of sp³-hybridized carbons (Fsp3) is 0.250. The van der Waals surface area contributed by atoms with Crippen LogP contribution < -0.4 is 5.32 Å². The molecule has 3 amide bonds. The van der Waals surface area contributed by atoms with E-state index in [0.29, 0.717) is 11.1 Å². The molecule has 0 saturated carbocycles. The monoisotopic (exact) mass is 266 g/mol. The second kappa shape index (κ2) is 4.78. The van der Waals surface area contributed by atoms with Crippen molar-refractivity contribution < 1.29 is 14.4 Å². The van der Waals surface area contributed by atoms with Crippen molar-refractivity contribution in [1.29, 1.82) is 0 Å². The molecule has 1 aliphatic rings. The molecule has 1 heterocycles. The van der Waals surface area contributed by atoms with E-state index in [2.05, 4.69) is 5.32 Å². The summed E-state index contributed by atoms with van der Waals surface area (Å²) in [6, 6.07) is 5.56. The molecule has 2 rings (SSSR count). The van der Waals surface area contributed by atoms with Crippen molar-refractivity contribution in [3.8, 4) is 0 Å². The minimum absolute atomic E-state index is 0.0632. The Morgan fingerprint density at radius 3 is 2.22 bits per heavy atom. The molecular formula is C12H11ClN2O3. The van der Waals surface area contributed by atoms with Crippen LogP contribution >= 0.6 is 11.6 Å². The second-order valence-electron chi connectivity index (χ2n) is 3.88. The molecular weight excluding hydrogens is 256 g/mol. The van der Waals surface area contributed by atoms with E-state index in [1.165, 1.54) is 6.92 Å². The number of hydrogen-bond donors (Lipinski definition) is 1. The number of amides is 3. The van der Waals surface area contributed by atoms with Gasteiger partial charge in [-0.3, -0.25) is 19.3 Å². The highest BCUT2D eigenvalue weighted by Crippen LogP contribution is 2.24. The van der Waals surface area contributed by atoms with E-state index in [9.17, 15) is 14.4 Å². The number of rotatable bonds is 3. The van der Waals surface area contributed by atoms with E-state index >= 15 is 0 Å². The van der Waals surface area contributed by atoms with Crippen LogP contribution in [0.5, 0.6) is 0 Å². The van der Waals surface area contributed by atoms with Gasteiger partial charge in [0.05, 0.1) is 17.1 Å². The third-order valence-corrected chi connectivity index (χ3v) is 2.97. The molecule has 0 fully saturated rings. The molecule has 18 heavy (non-hydrogen) atoms. The molecule has 0 aromatic heterocycles. The Morgan fingerprint density at radius 1 is 1.28 bits per heavy atom. The number of halogens is 1. The molecule has 94 valence electrons. The molecule has 0 saturated heterocycles. The van der Waals surface area contributed by atoms with Crippen LogP contribution in [0.25, 0.3) is 0 Å². The topological polar surface area (TPSA) is 66.5 Å². The number of imide groups is 1. The first kappa shape index (κ1) is 12.6. The van der Waals surface area contributed by atoms with E-state index < -0.39 is 23.8 Å². The molecule has 1 N–H and O–H groups in total. The molecule has 5 nitrogen and oxygen atoms in total. The van der Waals surface area contributed by atoms with Gasteiger partial charge in [0, 0.05) is 0 Å².